The molecule has 0 spiro atoms. The van der Waals surface area contributed by atoms with Gasteiger partial charge in [-0.25, -0.2) is 4.98 Å². The van der Waals surface area contributed by atoms with Gasteiger partial charge in [0.25, 0.3) is 0 Å². The lowest BCUT2D eigenvalue weighted by Gasteiger charge is -2.26. The number of aromatic amines is 1. The number of rotatable bonds is 2. The standard InChI is InChI=1S/C14H25N3/c1-9(14(2,3)4)7-13-16-11-6-5-10(15)8-12(11)17-13/h9-10H,5-8,15H2,1-4H3,(H,16,17). The average molecular weight is 235 g/mol. The van der Waals surface area contributed by atoms with E-state index in [9.17, 15) is 0 Å². The molecule has 3 N–H and O–H groups in total. The third-order valence-electron chi connectivity index (χ3n) is 4.11. The number of aromatic nitrogens is 2. The number of H-pyrrole nitrogens is 1. The molecule has 96 valence electrons. The molecule has 1 aliphatic rings. The van der Waals surface area contributed by atoms with Gasteiger partial charge in [0.15, 0.2) is 0 Å². The number of nitrogens with one attached hydrogen (secondary N) is 1. The van der Waals surface area contributed by atoms with E-state index in [1.165, 1.54) is 11.4 Å². The first-order valence-electron chi connectivity index (χ1n) is 6.68. The largest absolute Gasteiger partial charge is 0.346 e. The quantitative estimate of drug-likeness (QED) is 0.827. The summed E-state index contributed by atoms with van der Waals surface area (Å²) in [5.41, 5.74) is 8.85. The van der Waals surface area contributed by atoms with Gasteiger partial charge in [0.2, 0.25) is 0 Å². The summed E-state index contributed by atoms with van der Waals surface area (Å²) < 4.78 is 0. The van der Waals surface area contributed by atoms with Crippen molar-refractivity contribution < 1.29 is 0 Å². The zero-order chi connectivity index (χ0) is 12.6. The van der Waals surface area contributed by atoms with Crippen LogP contribution >= 0.6 is 0 Å². The van der Waals surface area contributed by atoms with E-state index < -0.39 is 0 Å². The van der Waals surface area contributed by atoms with Gasteiger partial charge in [-0.1, -0.05) is 27.7 Å². The van der Waals surface area contributed by atoms with E-state index in [2.05, 4.69) is 32.7 Å². The van der Waals surface area contributed by atoms with Crippen molar-refractivity contribution in [2.45, 2.75) is 59.4 Å². The predicted molar refractivity (Wildman–Crippen MR) is 70.9 cm³/mol. The highest BCUT2D eigenvalue weighted by atomic mass is 14.9. The third kappa shape index (κ3) is 2.89. The Balaban J connectivity index is 2.09. The number of nitrogens with two attached hydrogens (primary N) is 1. The summed E-state index contributed by atoms with van der Waals surface area (Å²) in [7, 11) is 0. The van der Waals surface area contributed by atoms with Gasteiger partial charge >= 0.3 is 0 Å². The van der Waals surface area contributed by atoms with Gasteiger partial charge in [0.1, 0.15) is 5.82 Å². The van der Waals surface area contributed by atoms with Crippen LogP contribution in [0.4, 0.5) is 0 Å². The van der Waals surface area contributed by atoms with Crippen LogP contribution in [0.5, 0.6) is 0 Å². The highest BCUT2D eigenvalue weighted by Crippen LogP contribution is 2.28. The van der Waals surface area contributed by atoms with E-state index in [0.29, 0.717) is 17.4 Å². The molecule has 0 aromatic carbocycles. The minimum atomic E-state index is 0.316. The Morgan fingerprint density at radius 3 is 2.82 bits per heavy atom. The maximum atomic E-state index is 5.98. The van der Waals surface area contributed by atoms with Gasteiger partial charge < -0.3 is 10.7 Å². The van der Waals surface area contributed by atoms with Gasteiger partial charge in [-0.05, 0) is 24.2 Å². The Morgan fingerprint density at radius 2 is 2.18 bits per heavy atom. The maximum absolute atomic E-state index is 5.98. The Kier molecular flexibility index (Phi) is 3.30. The highest BCUT2D eigenvalue weighted by molar-refractivity contribution is 5.19. The highest BCUT2D eigenvalue weighted by Gasteiger charge is 2.24. The number of hydrogen-bond donors (Lipinski definition) is 2. The third-order valence-corrected chi connectivity index (χ3v) is 4.11. The van der Waals surface area contributed by atoms with Gasteiger partial charge in [-0.3, -0.25) is 0 Å². The summed E-state index contributed by atoms with van der Waals surface area (Å²) in [6.07, 6.45) is 4.11. The van der Waals surface area contributed by atoms with Crippen LogP contribution < -0.4 is 5.73 Å². The fourth-order valence-corrected chi connectivity index (χ4v) is 2.26. The molecule has 0 fully saturated rings. The van der Waals surface area contributed by atoms with E-state index in [4.69, 9.17) is 10.7 Å². The van der Waals surface area contributed by atoms with Crippen molar-refractivity contribution in [3.05, 3.63) is 17.2 Å². The van der Waals surface area contributed by atoms with Gasteiger partial charge in [0.05, 0.1) is 5.69 Å². The molecule has 3 nitrogen and oxygen atoms in total. The van der Waals surface area contributed by atoms with E-state index in [1.807, 2.05) is 0 Å². The molecule has 2 rings (SSSR count). The summed E-state index contributed by atoms with van der Waals surface area (Å²) in [5, 5.41) is 0. The van der Waals surface area contributed by atoms with Crippen molar-refractivity contribution in [3.63, 3.8) is 0 Å². The van der Waals surface area contributed by atoms with Crippen molar-refractivity contribution in [2.24, 2.45) is 17.1 Å². The Labute approximate surface area is 104 Å². The normalized spacial score (nSPS) is 22.3. The Morgan fingerprint density at radius 1 is 1.47 bits per heavy atom. The van der Waals surface area contributed by atoms with Crippen LogP contribution in [-0.2, 0) is 19.3 Å². The van der Waals surface area contributed by atoms with Crippen molar-refractivity contribution in [3.8, 4) is 0 Å². The first-order valence-corrected chi connectivity index (χ1v) is 6.68. The van der Waals surface area contributed by atoms with Crippen molar-refractivity contribution >= 4 is 0 Å². The lowest BCUT2D eigenvalue weighted by Crippen LogP contribution is -2.27. The molecule has 0 aliphatic heterocycles. The second kappa shape index (κ2) is 4.45. The molecule has 2 atom stereocenters. The van der Waals surface area contributed by atoms with Gasteiger partial charge in [0, 0.05) is 24.6 Å². The monoisotopic (exact) mass is 235 g/mol. The van der Waals surface area contributed by atoms with E-state index in [0.717, 1.165) is 31.5 Å². The molecule has 1 heterocycles. The number of imidazole rings is 1. The SMILES string of the molecule is CC(Cc1nc2c([nH]1)CC(N)CC2)C(C)(C)C. The first kappa shape index (κ1) is 12.6. The number of nitrogens with zero attached hydrogens (tertiary/aromatic N) is 1. The summed E-state index contributed by atoms with van der Waals surface area (Å²) in [4.78, 5) is 8.20. The molecular formula is C14H25N3. The molecule has 1 aromatic heterocycles. The average Bonchev–Trinajstić information content (AvgIpc) is 2.57. The van der Waals surface area contributed by atoms with Crippen molar-refractivity contribution in [1.29, 1.82) is 0 Å². The molecule has 2 unspecified atom stereocenters. The number of hydrogen-bond acceptors (Lipinski definition) is 2. The lowest BCUT2D eigenvalue weighted by atomic mass is 9.80. The molecule has 1 aliphatic carbocycles. The molecule has 0 amide bonds. The minimum absolute atomic E-state index is 0.316. The second-order valence-electron chi connectivity index (χ2n) is 6.58. The van der Waals surface area contributed by atoms with Crippen LogP contribution in [0.2, 0.25) is 0 Å². The summed E-state index contributed by atoms with van der Waals surface area (Å²) >= 11 is 0. The fourth-order valence-electron chi connectivity index (χ4n) is 2.26. The summed E-state index contributed by atoms with van der Waals surface area (Å²) in [5.74, 6) is 1.77. The van der Waals surface area contributed by atoms with Crippen molar-refractivity contribution in [2.75, 3.05) is 0 Å². The molecule has 3 heteroatoms. The molecular weight excluding hydrogens is 210 g/mol. The Hall–Kier alpha value is -0.830. The molecule has 0 bridgehead atoms. The number of fused-ring (bicyclic) bond motifs is 1. The van der Waals surface area contributed by atoms with E-state index in [1.54, 1.807) is 0 Å². The van der Waals surface area contributed by atoms with Gasteiger partial charge in [-0.2, -0.15) is 0 Å². The molecule has 17 heavy (non-hydrogen) atoms. The Bertz CT molecular complexity index is 387. The molecule has 0 saturated carbocycles. The molecule has 0 saturated heterocycles. The van der Waals surface area contributed by atoms with E-state index >= 15 is 0 Å². The van der Waals surface area contributed by atoms with Crippen LogP contribution in [0.1, 0.15) is 51.3 Å². The van der Waals surface area contributed by atoms with Crippen LogP contribution in [0.15, 0.2) is 0 Å². The van der Waals surface area contributed by atoms with Crippen molar-refractivity contribution in [1.82, 2.24) is 9.97 Å². The van der Waals surface area contributed by atoms with Crippen LogP contribution in [0.25, 0.3) is 0 Å². The second-order valence-corrected chi connectivity index (χ2v) is 6.58. The summed E-state index contributed by atoms with van der Waals surface area (Å²) in [6.45, 7) is 9.16. The first-order chi connectivity index (χ1) is 7.86. The van der Waals surface area contributed by atoms with Crippen LogP contribution in [0, 0.1) is 11.3 Å². The lowest BCUT2D eigenvalue weighted by molar-refractivity contribution is 0.257. The maximum Gasteiger partial charge on any atom is 0.106 e. The predicted octanol–water partition coefficient (Wildman–Crippen LogP) is 2.45. The van der Waals surface area contributed by atoms with Crippen LogP contribution in [-0.4, -0.2) is 16.0 Å². The van der Waals surface area contributed by atoms with Gasteiger partial charge in [-0.15, -0.1) is 0 Å². The topological polar surface area (TPSA) is 54.7 Å². The number of aryl methyl sites for hydroxylation is 1. The zero-order valence-electron chi connectivity index (χ0n) is 11.5. The smallest absolute Gasteiger partial charge is 0.106 e. The minimum Gasteiger partial charge on any atom is -0.346 e. The molecule has 0 radical (unpaired) electrons. The molecule has 1 aromatic rings. The van der Waals surface area contributed by atoms with E-state index in [-0.39, 0.29) is 0 Å². The van der Waals surface area contributed by atoms with Crippen LogP contribution in [0.3, 0.4) is 0 Å². The fraction of sp³-hybridized carbons (Fsp3) is 0.786. The summed E-state index contributed by atoms with van der Waals surface area (Å²) in [6, 6.07) is 0.316. The zero-order valence-corrected chi connectivity index (χ0v) is 11.5.